The minimum atomic E-state index is 0.500. The van der Waals surface area contributed by atoms with Gasteiger partial charge in [0.1, 0.15) is 0 Å². The summed E-state index contributed by atoms with van der Waals surface area (Å²) in [4.78, 5) is 5.80. The Morgan fingerprint density at radius 1 is 1.18 bits per heavy atom. The Hall–Kier alpha value is -0.860. The van der Waals surface area contributed by atoms with Crippen LogP contribution in [0, 0.1) is 5.92 Å². The zero-order valence-electron chi connectivity index (χ0n) is 10.7. The maximum Gasteiger partial charge on any atom is 0.0729 e. The van der Waals surface area contributed by atoms with Crippen LogP contribution in [-0.2, 0) is 4.84 Å². The monoisotopic (exact) mass is 231 g/mol. The molecular formula is C15H21NO. The predicted molar refractivity (Wildman–Crippen MR) is 68.6 cm³/mol. The second-order valence-electron chi connectivity index (χ2n) is 5.66. The summed E-state index contributed by atoms with van der Waals surface area (Å²) < 4.78 is 0. The molecule has 2 heteroatoms. The molecule has 0 amide bonds. The van der Waals surface area contributed by atoms with Crippen LogP contribution in [0.4, 0.5) is 0 Å². The van der Waals surface area contributed by atoms with Crippen molar-refractivity contribution >= 4 is 0 Å². The summed E-state index contributed by atoms with van der Waals surface area (Å²) in [6.07, 6.45) is 2.55. The summed E-state index contributed by atoms with van der Waals surface area (Å²) in [6, 6.07) is 12.1. The number of hydroxylamine groups is 2. The average Bonchev–Trinajstić information content (AvgIpc) is 2.88. The second-order valence-corrected chi connectivity index (χ2v) is 5.66. The molecule has 0 N–H and O–H groups in total. The SMILES string of the molecule is CC(C)N1OC[C@H]2C[C@H](c3ccccc3)C[C@H]21. The van der Waals surface area contributed by atoms with Gasteiger partial charge in [0.25, 0.3) is 0 Å². The van der Waals surface area contributed by atoms with Crippen LogP contribution in [-0.4, -0.2) is 23.8 Å². The van der Waals surface area contributed by atoms with Gasteiger partial charge in [0.05, 0.1) is 6.61 Å². The quantitative estimate of drug-likeness (QED) is 0.775. The van der Waals surface area contributed by atoms with E-state index >= 15 is 0 Å². The normalized spacial score (nSPS) is 33.2. The van der Waals surface area contributed by atoms with E-state index in [1.165, 1.54) is 18.4 Å². The van der Waals surface area contributed by atoms with Gasteiger partial charge in [-0.15, -0.1) is 0 Å². The molecular weight excluding hydrogens is 210 g/mol. The van der Waals surface area contributed by atoms with Crippen molar-refractivity contribution in [1.29, 1.82) is 0 Å². The largest absolute Gasteiger partial charge is 0.298 e. The lowest BCUT2D eigenvalue weighted by Gasteiger charge is -2.25. The highest BCUT2D eigenvalue weighted by molar-refractivity contribution is 5.22. The predicted octanol–water partition coefficient (Wildman–Crippen LogP) is 3.20. The van der Waals surface area contributed by atoms with Crippen molar-refractivity contribution < 1.29 is 4.84 Å². The van der Waals surface area contributed by atoms with E-state index < -0.39 is 0 Å². The molecule has 1 saturated carbocycles. The smallest absolute Gasteiger partial charge is 0.0729 e. The van der Waals surface area contributed by atoms with Crippen LogP contribution >= 0.6 is 0 Å². The van der Waals surface area contributed by atoms with E-state index in [2.05, 4.69) is 49.2 Å². The highest BCUT2D eigenvalue weighted by atomic mass is 16.7. The van der Waals surface area contributed by atoms with Gasteiger partial charge in [0, 0.05) is 18.0 Å². The Morgan fingerprint density at radius 2 is 1.94 bits per heavy atom. The van der Waals surface area contributed by atoms with Gasteiger partial charge in [0.2, 0.25) is 0 Å². The molecule has 0 bridgehead atoms. The molecule has 1 saturated heterocycles. The van der Waals surface area contributed by atoms with Crippen LogP contribution < -0.4 is 0 Å². The minimum absolute atomic E-state index is 0.500. The van der Waals surface area contributed by atoms with Crippen molar-refractivity contribution in [2.45, 2.75) is 44.7 Å². The Bertz CT molecular complexity index is 376. The Morgan fingerprint density at radius 3 is 2.65 bits per heavy atom. The number of rotatable bonds is 2. The summed E-state index contributed by atoms with van der Waals surface area (Å²) in [5.41, 5.74) is 1.51. The van der Waals surface area contributed by atoms with Gasteiger partial charge in [-0.25, -0.2) is 0 Å². The fourth-order valence-corrected chi connectivity index (χ4v) is 3.40. The molecule has 0 radical (unpaired) electrons. The van der Waals surface area contributed by atoms with Crippen molar-refractivity contribution in [3.8, 4) is 0 Å². The molecule has 2 fully saturated rings. The van der Waals surface area contributed by atoms with Crippen molar-refractivity contribution in [3.63, 3.8) is 0 Å². The van der Waals surface area contributed by atoms with Gasteiger partial charge in [-0.2, -0.15) is 5.06 Å². The van der Waals surface area contributed by atoms with Crippen molar-refractivity contribution in [2.24, 2.45) is 5.92 Å². The summed E-state index contributed by atoms with van der Waals surface area (Å²) in [5, 5.41) is 2.23. The van der Waals surface area contributed by atoms with Crippen molar-refractivity contribution in [1.82, 2.24) is 5.06 Å². The van der Waals surface area contributed by atoms with Crippen LogP contribution in [0.1, 0.15) is 38.2 Å². The summed E-state index contributed by atoms with van der Waals surface area (Å²) in [5.74, 6) is 1.47. The van der Waals surface area contributed by atoms with Crippen molar-refractivity contribution in [3.05, 3.63) is 35.9 Å². The molecule has 2 aliphatic rings. The lowest BCUT2D eigenvalue weighted by atomic mass is 9.97. The maximum atomic E-state index is 5.80. The molecule has 2 nitrogen and oxygen atoms in total. The molecule has 0 spiro atoms. The Kier molecular flexibility index (Phi) is 2.93. The van der Waals surface area contributed by atoms with Crippen LogP contribution in [0.15, 0.2) is 30.3 Å². The zero-order chi connectivity index (χ0) is 11.8. The molecule has 3 rings (SSSR count). The van der Waals surface area contributed by atoms with Gasteiger partial charge in [-0.1, -0.05) is 30.3 Å². The average molecular weight is 231 g/mol. The van der Waals surface area contributed by atoms with Gasteiger partial charge in [0.15, 0.2) is 0 Å². The van der Waals surface area contributed by atoms with E-state index in [4.69, 9.17) is 4.84 Å². The number of fused-ring (bicyclic) bond motifs is 1. The fraction of sp³-hybridized carbons (Fsp3) is 0.600. The molecule has 1 heterocycles. The third-order valence-corrected chi connectivity index (χ3v) is 4.20. The summed E-state index contributed by atoms with van der Waals surface area (Å²) in [7, 11) is 0. The lowest BCUT2D eigenvalue weighted by molar-refractivity contribution is -0.155. The number of nitrogens with zero attached hydrogens (tertiary/aromatic N) is 1. The fourth-order valence-electron chi connectivity index (χ4n) is 3.40. The number of hydrogen-bond acceptors (Lipinski definition) is 2. The molecule has 0 aromatic heterocycles. The van der Waals surface area contributed by atoms with Gasteiger partial charge in [-0.05, 0) is 38.2 Å². The van der Waals surface area contributed by atoms with Gasteiger partial charge in [-0.3, -0.25) is 4.84 Å². The topological polar surface area (TPSA) is 12.5 Å². The maximum absolute atomic E-state index is 5.80. The van der Waals surface area contributed by atoms with Crippen LogP contribution in [0.5, 0.6) is 0 Å². The molecule has 3 atom stereocenters. The molecule has 1 aliphatic heterocycles. The lowest BCUT2D eigenvalue weighted by Crippen LogP contribution is -2.35. The van der Waals surface area contributed by atoms with Crippen LogP contribution in [0.25, 0.3) is 0 Å². The first-order valence-corrected chi connectivity index (χ1v) is 6.72. The molecule has 1 aliphatic carbocycles. The highest BCUT2D eigenvalue weighted by Crippen LogP contribution is 2.44. The Balaban J connectivity index is 1.74. The van der Waals surface area contributed by atoms with E-state index in [9.17, 15) is 0 Å². The van der Waals surface area contributed by atoms with E-state index in [0.29, 0.717) is 12.1 Å². The molecule has 17 heavy (non-hydrogen) atoms. The van der Waals surface area contributed by atoms with E-state index in [1.54, 1.807) is 0 Å². The van der Waals surface area contributed by atoms with Crippen LogP contribution in [0.2, 0.25) is 0 Å². The van der Waals surface area contributed by atoms with Gasteiger partial charge < -0.3 is 0 Å². The summed E-state index contributed by atoms with van der Waals surface area (Å²) in [6.45, 7) is 5.36. The molecule has 1 aromatic carbocycles. The van der Waals surface area contributed by atoms with Crippen LogP contribution in [0.3, 0.4) is 0 Å². The van der Waals surface area contributed by atoms with E-state index in [1.807, 2.05) is 0 Å². The van der Waals surface area contributed by atoms with E-state index in [0.717, 1.165) is 18.4 Å². The van der Waals surface area contributed by atoms with Gasteiger partial charge >= 0.3 is 0 Å². The van der Waals surface area contributed by atoms with Crippen molar-refractivity contribution in [2.75, 3.05) is 6.61 Å². The zero-order valence-corrected chi connectivity index (χ0v) is 10.7. The van der Waals surface area contributed by atoms with E-state index in [-0.39, 0.29) is 0 Å². The number of benzene rings is 1. The first-order valence-electron chi connectivity index (χ1n) is 6.72. The summed E-state index contributed by atoms with van der Waals surface area (Å²) >= 11 is 0. The molecule has 92 valence electrons. The first-order chi connectivity index (χ1) is 8.25. The number of hydrogen-bond donors (Lipinski definition) is 0. The third kappa shape index (κ3) is 2.00. The molecule has 0 unspecified atom stereocenters. The minimum Gasteiger partial charge on any atom is -0.298 e. The first kappa shape index (κ1) is 11.2. The standard InChI is InChI=1S/C15H21NO/c1-11(2)16-15-9-13(8-14(15)10-17-16)12-6-4-3-5-7-12/h3-7,11,13-15H,8-10H2,1-2H3/t13-,14+,15+/m0/s1. The second kappa shape index (κ2) is 4.43. The Labute approximate surface area is 104 Å². The third-order valence-electron chi connectivity index (χ3n) is 4.20. The highest BCUT2D eigenvalue weighted by Gasteiger charge is 2.44. The molecule has 1 aromatic rings.